The van der Waals surface area contributed by atoms with E-state index >= 15 is 0 Å². The predicted molar refractivity (Wildman–Crippen MR) is 110 cm³/mol. The lowest BCUT2D eigenvalue weighted by atomic mass is 10.1. The molecule has 8 nitrogen and oxygen atoms in total. The molecule has 0 aliphatic heterocycles. The van der Waals surface area contributed by atoms with Gasteiger partial charge in [-0.05, 0) is 50.1 Å². The van der Waals surface area contributed by atoms with Crippen molar-refractivity contribution in [1.29, 1.82) is 0 Å². The molecular formula is C22H24N2O6. The molecule has 2 aromatic rings. The van der Waals surface area contributed by atoms with Crippen molar-refractivity contribution in [2.45, 2.75) is 25.8 Å². The molecule has 1 aliphatic rings. The van der Waals surface area contributed by atoms with Crippen molar-refractivity contribution in [2.75, 3.05) is 25.6 Å². The number of esters is 1. The summed E-state index contributed by atoms with van der Waals surface area (Å²) in [4.78, 5) is 36.8. The van der Waals surface area contributed by atoms with Gasteiger partial charge in [0.25, 0.3) is 11.8 Å². The number of hydrogen-bond donors (Lipinski definition) is 2. The maximum Gasteiger partial charge on any atom is 0.338 e. The highest BCUT2D eigenvalue weighted by Gasteiger charge is 2.25. The molecule has 1 aliphatic carbocycles. The number of para-hydroxylation sites is 1. The summed E-state index contributed by atoms with van der Waals surface area (Å²) in [7, 11) is 1.47. The molecule has 0 aromatic heterocycles. The first kappa shape index (κ1) is 21.2. The quantitative estimate of drug-likeness (QED) is 0.614. The number of amides is 2. The smallest absolute Gasteiger partial charge is 0.338 e. The van der Waals surface area contributed by atoms with Crippen LogP contribution in [-0.2, 0) is 9.53 Å². The van der Waals surface area contributed by atoms with Crippen LogP contribution >= 0.6 is 0 Å². The van der Waals surface area contributed by atoms with E-state index in [0.29, 0.717) is 29.4 Å². The van der Waals surface area contributed by atoms with Gasteiger partial charge in [-0.2, -0.15) is 0 Å². The number of rotatable bonds is 9. The summed E-state index contributed by atoms with van der Waals surface area (Å²) in [5.41, 5.74) is 0.951. The number of anilines is 1. The topological polar surface area (TPSA) is 103 Å². The maximum atomic E-state index is 12.3. The van der Waals surface area contributed by atoms with Crippen molar-refractivity contribution in [1.82, 2.24) is 5.32 Å². The summed E-state index contributed by atoms with van der Waals surface area (Å²) in [5, 5.41) is 5.50. The molecular weight excluding hydrogens is 388 g/mol. The number of ether oxygens (including phenoxy) is 3. The van der Waals surface area contributed by atoms with E-state index in [-0.39, 0.29) is 17.5 Å². The largest absolute Gasteiger partial charge is 0.493 e. The highest BCUT2D eigenvalue weighted by molar-refractivity contribution is 6.04. The first-order valence-electron chi connectivity index (χ1n) is 9.69. The van der Waals surface area contributed by atoms with Crippen LogP contribution in [0.3, 0.4) is 0 Å². The summed E-state index contributed by atoms with van der Waals surface area (Å²) in [6.07, 6.45) is 1.93. The zero-order chi connectivity index (χ0) is 21.5. The van der Waals surface area contributed by atoms with E-state index in [1.807, 2.05) is 6.92 Å². The normalized spacial score (nSPS) is 12.6. The summed E-state index contributed by atoms with van der Waals surface area (Å²) in [6.45, 7) is 1.81. The van der Waals surface area contributed by atoms with Crippen LogP contribution in [0.2, 0.25) is 0 Å². The van der Waals surface area contributed by atoms with Gasteiger partial charge in [-0.1, -0.05) is 12.1 Å². The number of carbonyl (C=O) groups is 3. The lowest BCUT2D eigenvalue weighted by molar-refractivity contribution is -0.119. The molecule has 0 radical (unpaired) electrons. The van der Waals surface area contributed by atoms with Crippen molar-refractivity contribution >= 4 is 23.5 Å². The average molecular weight is 412 g/mol. The van der Waals surface area contributed by atoms with Crippen LogP contribution in [0.4, 0.5) is 5.69 Å². The van der Waals surface area contributed by atoms with Gasteiger partial charge in [-0.25, -0.2) is 4.79 Å². The molecule has 0 atom stereocenters. The van der Waals surface area contributed by atoms with Gasteiger partial charge in [0, 0.05) is 6.04 Å². The van der Waals surface area contributed by atoms with Crippen molar-refractivity contribution < 1.29 is 28.6 Å². The molecule has 158 valence electrons. The fourth-order valence-electron chi connectivity index (χ4n) is 2.75. The minimum absolute atomic E-state index is 0.202. The van der Waals surface area contributed by atoms with Crippen molar-refractivity contribution in [2.24, 2.45) is 0 Å². The van der Waals surface area contributed by atoms with E-state index < -0.39 is 18.5 Å². The summed E-state index contributed by atoms with van der Waals surface area (Å²) >= 11 is 0. The van der Waals surface area contributed by atoms with Gasteiger partial charge in [-0.15, -0.1) is 0 Å². The second-order valence-electron chi connectivity index (χ2n) is 6.72. The van der Waals surface area contributed by atoms with E-state index in [4.69, 9.17) is 14.2 Å². The first-order valence-corrected chi connectivity index (χ1v) is 9.69. The molecule has 0 saturated heterocycles. The standard InChI is InChI=1S/C22H24N2O6/c1-3-29-18-11-8-14(12-19(18)28-2)22(27)30-13-20(25)24-17-7-5-4-6-16(17)21(26)23-15-9-10-15/h4-8,11-12,15H,3,9-10,13H2,1-2H3,(H,23,26)(H,24,25). The predicted octanol–water partition coefficient (Wildman–Crippen LogP) is 2.78. The van der Waals surface area contributed by atoms with Gasteiger partial charge in [0.15, 0.2) is 18.1 Å². The molecule has 2 amide bonds. The summed E-state index contributed by atoms with van der Waals surface area (Å²) in [6, 6.07) is 11.5. The lowest BCUT2D eigenvalue weighted by Gasteiger charge is -2.12. The molecule has 8 heteroatoms. The molecule has 2 N–H and O–H groups in total. The molecule has 3 rings (SSSR count). The molecule has 0 spiro atoms. The highest BCUT2D eigenvalue weighted by atomic mass is 16.5. The third kappa shape index (κ3) is 5.50. The number of carbonyl (C=O) groups excluding carboxylic acids is 3. The Hall–Kier alpha value is -3.55. The third-order valence-electron chi connectivity index (χ3n) is 4.39. The third-order valence-corrected chi connectivity index (χ3v) is 4.39. The second-order valence-corrected chi connectivity index (χ2v) is 6.72. The number of nitrogens with one attached hydrogen (secondary N) is 2. The van der Waals surface area contributed by atoms with Crippen LogP contribution in [0.5, 0.6) is 11.5 Å². The Morgan fingerprint density at radius 2 is 1.83 bits per heavy atom. The van der Waals surface area contributed by atoms with Crippen LogP contribution in [0, 0.1) is 0 Å². The first-order chi connectivity index (χ1) is 14.5. The number of benzene rings is 2. The van der Waals surface area contributed by atoms with Gasteiger partial charge in [0.1, 0.15) is 0 Å². The van der Waals surface area contributed by atoms with E-state index in [1.165, 1.54) is 19.2 Å². The molecule has 0 heterocycles. The Morgan fingerprint density at radius 3 is 2.53 bits per heavy atom. The Kier molecular flexibility index (Phi) is 6.90. The van der Waals surface area contributed by atoms with Crippen LogP contribution < -0.4 is 20.1 Å². The summed E-state index contributed by atoms with van der Waals surface area (Å²) < 4.78 is 15.7. The summed E-state index contributed by atoms with van der Waals surface area (Å²) in [5.74, 6) is -0.562. The second kappa shape index (κ2) is 9.78. The van der Waals surface area contributed by atoms with Gasteiger partial charge in [0.2, 0.25) is 0 Å². The zero-order valence-corrected chi connectivity index (χ0v) is 16.9. The fourth-order valence-corrected chi connectivity index (χ4v) is 2.75. The molecule has 1 saturated carbocycles. The van der Waals surface area contributed by atoms with Crippen molar-refractivity contribution in [3.63, 3.8) is 0 Å². The Morgan fingerprint density at radius 1 is 1.07 bits per heavy atom. The molecule has 1 fully saturated rings. The number of methoxy groups -OCH3 is 1. The van der Waals surface area contributed by atoms with Crippen molar-refractivity contribution in [3.8, 4) is 11.5 Å². The molecule has 2 aromatic carbocycles. The van der Waals surface area contributed by atoms with Crippen molar-refractivity contribution in [3.05, 3.63) is 53.6 Å². The minimum atomic E-state index is -0.675. The highest BCUT2D eigenvalue weighted by Crippen LogP contribution is 2.28. The van der Waals surface area contributed by atoms with Gasteiger partial charge in [-0.3, -0.25) is 9.59 Å². The Balaban J connectivity index is 1.58. The van der Waals surface area contributed by atoms with Gasteiger partial charge in [0.05, 0.1) is 30.5 Å². The van der Waals surface area contributed by atoms with Gasteiger partial charge >= 0.3 is 5.97 Å². The van der Waals surface area contributed by atoms with E-state index in [1.54, 1.807) is 30.3 Å². The zero-order valence-electron chi connectivity index (χ0n) is 16.9. The van der Waals surface area contributed by atoms with E-state index in [0.717, 1.165) is 12.8 Å². The number of hydrogen-bond acceptors (Lipinski definition) is 6. The van der Waals surface area contributed by atoms with Crippen LogP contribution in [0.1, 0.15) is 40.5 Å². The van der Waals surface area contributed by atoms with Gasteiger partial charge < -0.3 is 24.8 Å². The molecule has 0 unspecified atom stereocenters. The maximum absolute atomic E-state index is 12.3. The Bertz CT molecular complexity index is 939. The van der Waals surface area contributed by atoms with Crippen LogP contribution in [0.15, 0.2) is 42.5 Å². The molecule has 0 bridgehead atoms. The monoisotopic (exact) mass is 412 g/mol. The molecule has 30 heavy (non-hydrogen) atoms. The van der Waals surface area contributed by atoms with Crippen LogP contribution in [0.25, 0.3) is 0 Å². The van der Waals surface area contributed by atoms with E-state index in [9.17, 15) is 14.4 Å². The van der Waals surface area contributed by atoms with E-state index in [2.05, 4.69) is 10.6 Å². The van der Waals surface area contributed by atoms with Crippen LogP contribution in [-0.4, -0.2) is 44.1 Å². The lowest BCUT2D eigenvalue weighted by Crippen LogP contribution is -2.28. The minimum Gasteiger partial charge on any atom is -0.493 e. The fraction of sp³-hybridized carbons (Fsp3) is 0.318. The average Bonchev–Trinajstić information content (AvgIpc) is 3.56. The SMILES string of the molecule is CCOc1ccc(C(=O)OCC(=O)Nc2ccccc2C(=O)NC2CC2)cc1OC. The Labute approximate surface area is 174 Å².